The lowest BCUT2D eigenvalue weighted by molar-refractivity contribution is -0.115. The van der Waals surface area contributed by atoms with Gasteiger partial charge < -0.3 is 5.32 Å². The lowest BCUT2D eigenvalue weighted by atomic mass is 10.1. The second-order valence-electron chi connectivity index (χ2n) is 6.34. The topological polar surface area (TPSA) is 46.9 Å². The molecule has 134 valence electrons. The molecule has 0 bridgehead atoms. The molecule has 1 aliphatic heterocycles. The van der Waals surface area contributed by atoms with Crippen LogP contribution in [-0.2, 0) is 11.3 Å². The first-order valence-electron chi connectivity index (χ1n) is 8.52. The van der Waals surface area contributed by atoms with Crippen LogP contribution >= 0.6 is 24.0 Å². The van der Waals surface area contributed by atoms with Gasteiger partial charge in [0.05, 0.1) is 17.1 Å². The number of carbonyl (C=O) groups is 1. The molecular formula is C21H17N3OS2. The molecule has 0 radical (unpaired) electrons. The highest BCUT2D eigenvalue weighted by Crippen LogP contribution is 2.30. The van der Waals surface area contributed by atoms with Crippen LogP contribution in [0.4, 0.5) is 0 Å². The van der Waals surface area contributed by atoms with Crippen molar-refractivity contribution in [2.45, 2.75) is 13.5 Å². The van der Waals surface area contributed by atoms with E-state index >= 15 is 0 Å². The fraction of sp³-hybridized carbons (Fsp3) is 0.0952. The minimum absolute atomic E-state index is 0.156. The first-order chi connectivity index (χ1) is 13.1. The lowest BCUT2D eigenvalue weighted by Crippen LogP contribution is -2.17. The van der Waals surface area contributed by atoms with Gasteiger partial charge in [-0.2, -0.15) is 5.10 Å². The number of aryl methyl sites for hydroxylation is 1. The molecule has 0 unspecified atom stereocenters. The van der Waals surface area contributed by atoms with Gasteiger partial charge >= 0.3 is 0 Å². The van der Waals surface area contributed by atoms with Gasteiger partial charge in [0.1, 0.15) is 4.32 Å². The van der Waals surface area contributed by atoms with Crippen molar-refractivity contribution in [3.8, 4) is 11.3 Å². The SMILES string of the molecule is Cc1cccc(-c2nn(Cc3ccccc3)cc2/C=C2\SC(=S)NC2=O)c1. The summed E-state index contributed by atoms with van der Waals surface area (Å²) in [5.41, 5.74) is 5.12. The van der Waals surface area contributed by atoms with Crippen LogP contribution in [0.2, 0.25) is 0 Å². The Bertz CT molecular complexity index is 1050. The van der Waals surface area contributed by atoms with Crippen LogP contribution < -0.4 is 5.32 Å². The van der Waals surface area contributed by atoms with E-state index in [4.69, 9.17) is 17.3 Å². The molecule has 3 aromatic rings. The third-order valence-electron chi connectivity index (χ3n) is 4.20. The molecular weight excluding hydrogens is 374 g/mol. The molecule has 2 aromatic carbocycles. The van der Waals surface area contributed by atoms with Gasteiger partial charge in [0.15, 0.2) is 0 Å². The largest absolute Gasteiger partial charge is 0.307 e. The summed E-state index contributed by atoms with van der Waals surface area (Å²) < 4.78 is 2.40. The van der Waals surface area contributed by atoms with Crippen molar-refractivity contribution in [1.29, 1.82) is 0 Å². The van der Waals surface area contributed by atoms with Crippen molar-refractivity contribution in [2.75, 3.05) is 0 Å². The van der Waals surface area contributed by atoms with Gasteiger partial charge in [-0.25, -0.2) is 0 Å². The maximum Gasteiger partial charge on any atom is 0.263 e. The molecule has 6 heteroatoms. The standard InChI is InChI=1S/C21H17N3OS2/c1-14-6-5-9-16(10-14)19-17(11-18-20(25)22-21(26)27-18)13-24(23-19)12-15-7-3-2-4-8-15/h2-11,13H,12H2,1H3,(H,22,25,26)/b18-11-. The third-order valence-corrected chi connectivity index (χ3v) is 5.36. The van der Waals surface area contributed by atoms with E-state index in [1.54, 1.807) is 0 Å². The van der Waals surface area contributed by atoms with E-state index in [0.717, 1.165) is 22.4 Å². The van der Waals surface area contributed by atoms with Crippen molar-refractivity contribution in [2.24, 2.45) is 0 Å². The van der Waals surface area contributed by atoms with Crippen LogP contribution in [0.3, 0.4) is 0 Å². The zero-order chi connectivity index (χ0) is 18.8. The molecule has 0 spiro atoms. The van der Waals surface area contributed by atoms with E-state index in [2.05, 4.69) is 36.5 Å². The molecule has 27 heavy (non-hydrogen) atoms. The van der Waals surface area contributed by atoms with Gasteiger partial charge in [-0.15, -0.1) is 0 Å². The summed E-state index contributed by atoms with van der Waals surface area (Å²) in [5, 5.41) is 7.46. The van der Waals surface area contributed by atoms with Crippen LogP contribution in [0.1, 0.15) is 16.7 Å². The minimum Gasteiger partial charge on any atom is -0.307 e. The van der Waals surface area contributed by atoms with E-state index in [1.165, 1.54) is 17.3 Å². The summed E-state index contributed by atoms with van der Waals surface area (Å²) in [7, 11) is 0. The second kappa shape index (κ2) is 7.50. The van der Waals surface area contributed by atoms with Crippen molar-refractivity contribution < 1.29 is 4.79 Å². The van der Waals surface area contributed by atoms with E-state index in [9.17, 15) is 4.79 Å². The first kappa shape index (κ1) is 17.7. The lowest BCUT2D eigenvalue weighted by Gasteiger charge is -2.02. The fourth-order valence-corrected chi connectivity index (χ4v) is 4.01. The van der Waals surface area contributed by atoms with Crippen LogP contribution in [0, 0.1) is 6.92 Å². The van der Waals surface area contributed by atoms with E-state index in [0.29, 0.717) is 15.8 Å². The van der Waals surface area contributed by atoms with Crippen molar-refractivity contribution in [3.63, 3.8) is 0 Å². The number of carbonyl (C=O) groups excluding carboxylic acids is 1. The summed E-state index contributed by atoms with van der Waals surface area (Å²) in [5.74, 6) is -0.156. The maximum atomic E-state index is 12.1. The van der Waals surface area contributed by atoms with Gasteiger partial charge in [-0.3, -0.25) is 9.48 Å². The average Bonchev–Trinajstić information content (AvgIpc) is 3.18. The summed E-state index contributed by atoms with van der Waals surface area (Å²) in [6.45, 7) is 2.72. The highest BCUT2D eigenvalue weighted by molar-refractivity contribution is 8.26. The number of nitrogens with zero attached hydrogens (tertiary/aromatic N) is 2. The quantitative estimate of drug-likeness (QED) is 0.529. The third kappa shape index (κ3) is 4.02. The highest BCUT2D eigenvalue weighted by Gasteiger charge is 2.23. The predicted molar refractivity (Wildman–Crippen MR) is 114 cm³/mol. The highest BCUT2D eigenvalue weighted by atomic mass is 32.2. The van der Waals surface area contributed by atoms with Crippen molar-refractivity contribution in [3.05, 3.63) is 82.4 Å². The number of amides is 1. The molecule has 1 N–H and O–H groups in total. The van der Waals surface area contributed by atoms with Crippen molar-refractivity contribution >= 4 is 40.3 Å². The van der Waals surface area contributed by atoms with E-state index < -0.39 is 0 Å². The molecule has 0 atom stereocenters. The Hall–Kier alpha value is -2.70. The molecule has 4 rings (SSSR count). The average molecular weight is 392 g/mol. The van der Waals surface area contributed by atoms with Crippen LogP contribution in [0.15, 0.2) is 65.7 Å². The fourth-order valence-electron chi connectivity index (χ4n) is 2.97. The minimum atomic E-state index is -0.156. The summed E-state index contributed by atoms with van der Waals surface area (Å²) in [4.78, 5) is 12.7. The summed E-state index contributed by atoms with van der Waals surface area (Å²) in [6, 6.07) is 18.4. The Labute approximate surface area is 167 Å². The van der Waals surface area contributed by atoms with Gasteiger partial charge in [0.25, 0.3) is 5.91 Å². The van der Waals surface area contributed by atoms with E-state index in [1.807, 2.05) is 47.3 Å². The van der Waals surface area contributed by atoms with Crippen LogP contribution in [0.25, 0.3) is 17.3 Å². The van der Waals surface area contributed by atoms with Crippen LogP contribution in [0.5, 0.6) is 0 Å². The Balaban J connectivity index is 1.77. The maximum absolute atomic E-state index is 12.1. The Morgan fingerprint density at radius 2 is 2.00 bits per heavy atom. The number of rotatable bonds is 4. The Kier molecular flexibility index (Phi) is 4.92. The molecule has 1 saturated heterocycles. The number of hydrogen-bond donors (Lipinski definition) is 1. The molecule has 1 fully saturated rings. The predicted octanol–water partition coefficient (Wildman–Crippen LogP) is 4.40. The normalized spacial score (nSPS) is 15.4. The summed E-state index contributed by atoms with van der Waals surface area (Å²) >= 11 is 6.38. The van der Waals surface area contributed by atoms with Gasteiger partial charge in [-0.05, 0) is 24.6 Å². The molecule has 1 aliphatic rings. The zero-order valence-corrected chi connectivity index (χ0v) is 16.3. The molecule has 0 saturated carbocycles. The van der Waals surface area contributed by atoms with Gasteiger partial charge in [0.2, 0.25) is 0 Å². The van der Waals surface area contributed by atoms with E-state index in [-0.39, 0.29) is 5.91 Å². The number of thiocarbonyl (C=S) groups is 1. The summed E-state index contributed by atoms with van der Waals surface area (Å²) in [6.07, 6.45) is 3.85. The number of thioether (sulfide) groups is 1. The van der Waals surface area contributed by atoms with Crippen LogP contribution in [-0.4, -0.2) is 20.0 Å². The number of nitrogens with one attached hydrogen (secondary N) is 1. The second-order valence-corrected chi connectivity index (χ2v) is 8.06. The zero-order valence-electron chi connectivity index (χ0n) is 14.7. The Morgan fingerprint density at radius 1 is 1.19 bits per heavy atom. The van der Waals surface area contributed by atoms with Gasteiger partial charge in [0, 0.05) is 17.3 Å². The number of aromatic nitrogens is 2. The number of hydrogen-bond acceptors (Lipinski definition) is 4. The molecule has 1 amide bonds. The molecule has 1 aromatic heterocycles. The molecule has 0 aliphatic carbocycles. The monoisotopic (exact) mass is 391 g/mol. The number of benzene rings is 2. The smallest absolute Gasteiger partial charge is 0.263 e. The Morgan fingerprint density at radius 3 is 2.70 bits per heavy atom. The van der Waals surface area contributed by atoms with Crippen molar-refractivity contribution in [1.82, 2.24) is 15.1 Å². The van der Waals surface area contributed by atoms with Gasteiger partial charge in [-0.1, -0.05) is 78.1 Å². The molecule has 2 heterocycles. The molecule has 4 nitrogen and oxygen atoms in total. The first-order valence-corrected chi connectivity index (χ1v) is 9.74.